The van der Waals surface area contributed by atoms with E-state index in [1.54, 1.807) is 25.1 Å². The molecule has 0 heterocycles. The van der Waals surface area contributed by atoms with Gasteiger partial charge in [0.1, 0.15) is 11.8 Å². The summed E-state index contributed by atoms with van der Waals surface area (Å²) in [6.07, 6.45) is 0. The normalized spacial score (nSPS) is 13.1. The van der Waals surface area contributed by atoms with Gasteiger partial charge in [0.15, 0.2) is 9.84 Å². The van der Waals surface area contributed by atoms with E-state index in [0.29, 0.717) is 16.9 Å². The van der Waals surface area contributed by atoms with Crippen LogP contribution in [-0.2, 0) is 15.6 Å². The number of nitriles is 1. The lowest BCUT2D eigenvalue weighted by atomic mass is 10.1. The van der Waals surface area contributed by atoms with E-state index in [2.05, 4.69) is 0 Å². The Hall–Kier alpha value is -1.54. The number of nitrogens with zero attached hydrogens (tertiary/aromatic N) is 1. The molecular formula is C14H19NO3S. The van der Waals surface area contributed by atoms with Crippen LogP contribution in [0.3, 0.4) is 0 Å². The second-order valence-electron chi connectivity index (χ2n) is 4.90. The molecule has 0 saturated carbocycles. The molecule has 0 N–H and O–H groups in total. The molecule has 1 unspecified atom stereocenters. The van der Waals surface area contributed by atoms with Crippen molar-refractivity contribution in [3.8, 4) is 11.8 Å². The minimum absolute atomic E-state index is 0.0506. The van der Waals surface area contributed by atoms with E-state index in [1.807, 2.05) is 19.9 Å². The fraction of sp³-hybridized carbons (Fsp3) is 0.500. The number of benzene rings is 1. The average Bonchev–Trinajstić information content (AvgIpc) is 2.36. The van der Waals surface area contributed by atoms with Crippen molar-refractivity contribution in [3.05, 3.63) is 29.3 Å². The lowest BCUT2D eigenvalue weighted by molar-refractivity contribution is 0.413. The molecule has 0 bridgehead atoms. The van der Waals surface area contributed by atoms with Crippen LogP contribution in [0.25, 0.3) is 0 Å². The summed E-state index contributed by atoms with van der Waals surface area (Å²) in [4.78, 5) is 0. The van der Waals surface area contributed by atoms with Gasteiger partial charge in [-0.05, 0) is 30.5 Å². The van der Waals surface area contributed by atoms with Crippen LogP contribution >= 0.6 is 0 Å². The fourth-order valence-corrected chi connectivity index (χ4v) is 3.45. The third-order valence-electron chi connectivity index (χ3n) is 3.26. The van der Waals surface area contributed by atoms with Crippen LogP contribution in [0, 0.1) is 17.2 Å². The first-order chi connectivity index (χ1) is 8.81. The van der Waals surface area contributed by atoms with Gasteiger partial charge >= 0.3 is 0 Å². The summed E-state index contributed by atoms with van der Waals surface area (Å²) in [6, 6.07) is 6.89. The minimum atomic E-state index is -3.21. The Bertz CT molecular complexity index is 585. The molecule has 1 aromatic rings. The Morgan fingerprint density at radius 3 is 2.42 bits per heavy atom. The molecule has 0 radical (unpaired) electrons. The third kappa shape index (κ3) is 3.71. The number of rotatable bonds is 5. The molecule has 1 rings (SSSR count). The fourth-order valence-electron chi connectivity index (χ4n) is 1.71. The van der Waals surface area contributed by atoms with E-state index >= 15 is 0 Å². The predicted octanol–water partition coefficient (Wildman–Crippen LogP) is 2.53. The van der Waals surface area contributed by atoms with E-state index in [4.69, 9.17) is 10.00 Å². The van der Waals surface area contributed by atoms with Gasteiger partial charge in [0.25, 0.3) is 0 Å². The number of hydrogen-bond acceptors (Lipinski definition) is 4. The van der Waals surface area contributed by atoms with Crippen LogP contribution in [0.15, 0.2) is 18.2 Å². The summed E-state index contributed by atoms with van der Waals surface area (Å²) in [5.74, 6) is 0.477. The van der Waals surface area contributed by atoms with E-state index < -0.39 is 15.1 Å². The molecule has 4 nitrogen and oxygen atoms in total. The zero-order valence-corrected chi connectivity index (χ0v) is 12.5. The Kier molecular flexibility index (Phi) is 4.96. The third-order valence-corrected chi connectivity index (χ3v) is 5.67. The second-order valence-corrected chi connectivity index (χ2v) is 7.26. The first-order valence-corrected chi connectivity index (χ1v) is 7.82. The molecule has 0 fully saturated rings. The van der Waals surface area contributed by atoms with Crippen molar-refractivity contribution in [3.63, 3.8) is 0 Å². The molecule has 0 aliphatic carbocycles. The van der Waals surface area contributed by atoms with Crippen molar-refractivity contribution in [1.82, 2.24) is 0 Å². The number of methoxy groups -OCH3 is 1. The number of ether oxygens (including phenoxy) is 1. The van der Waals surface area contributed by atoms with Crippen molar-refractivity contribution in [1.29, 1.82) is 5.26 Å². The van der Waals surface area contributed by atoms with Crippen molar-refractivity contribution < 1.29 is 13.2 Å². The standard InChI is InChI=1S/C14H19NO3S/c1-10(2)11(3)19(16,17)9-12-5-6-14(18-4)13(7-12)8-15/h5-7,10-11H,9H2,1-4H3. The maximum Gasteiger partial charge on any atom is 0.157 e. The van der Waals surface area contributed by atoms with Crippen LogP contribution in [-0.4, -0.2) is 20.8 Å². The topological polar surface area (TPSA) is 67.2 Å². The molecule has 0 aliphatic heterocycles. The first kappa shape index (κ1) is 15.5. The minimum Gasteiger partial charge on any atom is -0.495 e. The van der Waals surface area contributed by atoms with Gasteiger partial charge in [-0.15, -0.1) is 0 Å². The van der Waals surface area contributed by atoms with E-state index in [-0.39, 0.29) is 11.7 Å². The molecule has 1 atom stereocenters. The molecule has 0 saturated heterocycles. The summed E-state index contributed by atoms with van der Waals surface area (Å²) < 4.78 is 29.4. The summed E-state index contributed by atoms with van der Waals surface area (Å²) in [5, 5.41) is 8.59. The predicted molar refractivity (Wildman–Crippen MR) is 74.6 cm³/mol. The summed E-state index contributed by atoms with van der Waals surface area (Å²) in [5.41, 5.74) is 0.970. The maximum absolute atomic E-state index is 12.2. The van der Waals surface area contributed by atoms with Crippen molar-refractivity contribution >= 4 is 9.84 Å². The largest absolute Gasteiger partial charge is 0.495 e. The molecule has 19 heavy (non-hydrogen) atoms. The molecular weight excluding hydrogens is 262 g/mol. The number of hydrogen-bond donors (Lipinski definition) is 0. The van der Waals surface area contributed by atoms with Crippen LogP contribution in [0.4, 0.5) is 0 Å². The van der Waals surface area contributed by atoms with Crippen LogP contribution in [0.2, 0.25) is 0 Å². The Morgan fingerprint density at radius 1 is 1.32 bits per heavy atom. The molecule has 104 valence electrons. The number of sulfone groups is 1. The van der Waals surface area contributed by atoms with E-state index in [0.717, 1.165) is 0 Å². The van der Waals surface area contributed by atoms with Gasteiger partial charge in [-0.3, -0.25) is 0 Å². The summed E-state index contributed by atoms with van der Waals surface area (Å²) in [7, 11) is -1.73. The van der Waals surface area contributed by atoms with Crippen molar-refractivity contribution in [2.45, 2.75) is 31.8 Å². The summed E-state index contributed by atoms with van der Waals surface area (Å²) in [6.45, 7) is 5.49. The molecule has 0 aromatic heterocycles. The van der Waals surface area contributed by atoms with Crippen molar-refractivity contribution in [2.75, 3.05) is 7.11 Å². The molecule has 0 amide bonds. The average molecular weight is 281 g/mol. The van der Waals surface area contributed by atoms with Crippen LogP contribution in [0.1, 0.15) is 31.9 Å². The molecule has 5 heteroatoms. The van der Waals surface area contributed by atoms with Gasteiger partial charge in [0.05, 0.1) is 23.7 Å². The summed E-state index contributed by atoms with van der Waals surface area (Å²) >= 11 is 0. The van der Waals surface area contributed by atoms with Crippen LogP contribution < -0.4 is 4.74 Å². The maximum atomic E-state index is 12.2. The SMILES string of the molecule is COc1ccc(CS(=O)(=O)C(C)C(C)C)cc1C#N. The highest BCUT2D eigenvalue weighted by Gasteiger charge is 2.24. The Labute approximate surface area is 114 Å². The highest BCUT2D eigenvalue weighted by Crippen LogP contribution is 2.22. The smallest absolute Gasteiger partial charge is 0.157 e. The highest BCUT2D eigenvalue weighted by atomic mass is 32.2. The van der Waals surface area contributed by atoms with Crippen LogP contribution in [0.5, 0.6) is 5.75 Å². The lowest BCUT2D eigenvalue weighted by Gasteiger charge is -2.16. The van der Waals surface area contributed by atoms with Gasteiger partial charge in [-0.1, -0.05) is 19.9 Å². The zero-order valence-electron chi connectivity index (χ0n) is 11.7. The second kappa shape index (κ2) is 6.07. The van der Waals surface area contributed by atoms with Gasteiger partial charge in [-0.2, -0.15) is 5.26 Å². The van der Waals surface area contributed by atoms with Gasteiger partial charge in [0.2, 0.25) is 0 Å². The molecule has 0 spiro atoms. The van der Waals surface area contributed by atoms with Gasteiger partial charge in [0, 0.05) is 0 Å². The van der Waals surface area contributed by atoms with E-state index in [9.17, 15) is 8.42 Å². The molecule has 0 aliphatic rings. The highest BCUT2D eigenvalue weighted by molar-refractivity contribution is 7.91. The Balaban J connectivity index is 3.05. The first-order valence-electron chi connectivity index (χ1n) is 6.10. The van der Waals surface area contributed by atoms with Gasteiger partial charge in [-0.25, -0.2) is 8.42 Å². The quantitative estimate of drug-likeness (QED) is 0.831. The van der Waals surface area contributed by atoms with E-state index in [1.165, 1.54) is 7.11 Å². The zero-order chi connectivity index (χ0) is 14.6. The lowest BCUT2D eigenvalue weighted by Crippen LogP contribution is -2.24. The van der Waals surface area contributed by atoms with Gasteiger partial charge < -0.3 is 4.74 Å². The monoisotopic (exact) mass is 281 g/mol. The van der Waals surface area contributed by atoms with Crippen molar-refractivity contribution in [2.24, 2.45) is 5.92 Å². The Morgan fingerprint density at radius 2 is 1.95 bits per heavy atom. The molecule has 1 aromatic carbocycles.